The quantitative estimate of drug-likeness (QED) is 0.864. The second-order valence-corrected chi connectivity index (χ2v) is 7.08. The van der Waals surface area contributed by atoms with Gasteiger partial charge in [0, 0.05) is 23.7 Å². The summed E-state index contributed by atoms with van der Waals surface area (Å²) in [5.41, 5.74) is 3.82. The van der Waals surface area contributed by atoms with Crippen molar-refractivity contribution in [3.8, 4) is 0 Å². The Labute approximate surface area is 125 Å². The van der Waals surface area contributed by atoms with E-state index in [0.29, 0.717) is 6.04 Å². The van der Waals surface area contributed by atoms with Crippen molar-refractivity contribution in [3.63, 3.8) is 0 Å². The zero-order valence-corrected chi connectivity index (χ0v) is 13.6. The lowest BCUT2D eigenvalue weighted by Gasteiger charge is -2.23. The molecule has 20 heavy (non-hydrogen) atoms. The fourth-order valence-corrected chi connectivity index (χ4v) is 4.33. The van der Waals surface area contributed by atoms with E-state index in [1.807, 2.05) is 0 Å². The zero-order chi connectivity index (χ0) is 14.1. The van der Waals surface area contributed by atoms with Crippen molar-refractivity contribution in [2.45, 2.75) is 65.5 Å². The summed E-state index contributed by atoms with van der Waals surface area (Å²) >= 11 is 1.74. The van der Waals surface area contributed by atoms with Gasteiger partial charge in [0.1, 0.15) is 0 Å². The first-order valence-electron chi connectivity index (χ1n) is 7.82. The molecule has 0 spiro atoms. The van der Waals surface area contributed by atoms with Crippen LogP contribution in [0.3, 0.4) is 0 Å². The number of thiazole rings is 1. The number of hydrogen-bond acceptors (Lipinski definition) is 3. The van der Waals surface area contributed by atoms with Gasteiger partial charge in [-0.15, -0.1) is 11.3 Å². The highest BCUT2D eigenvalue weighted by molar-refractivity contribution is 7.15. The fraction of sp³-hybridized carbons (Fsp3) is 0.688. The van der Waals surface area contributed by atoms with E-state index in [0.717, 1.165) is 17.4 Å². The summed E-state index contributed by atoms with van der Waals surface area (Å²) in [5, 5.41) is 6.00. The minimum atomic E-state index is 0.668. The van der Waals surface area contributed by atoms with E-state index in [4.69, 9.17) is 0 Å². The molecule has 3 nitrogen and oxygen atoms in total. The molecule has 110 valence electrons. The third-order valence-corrected chi connectivity index (χ3v) is 5.67. The van der Waals surface area contributed by atoms with Crippen molar-refractivity contribution in [3.05, 3.63) is 22.5 Å². The van der Waals surface area contributed by atoms with Crippen LogP contribution in [-0.2, 0) is 6.54 Å². The highest BCUT2D eigenvalue weighted by Gasteiger charge is 2.20. The number of aryl methyl sites for hydroxylation is 2. The molecule has 0 aromatic carbocycles. The van der Waals surface area contributed by atoms with Gasteiger partial charge in [0.2, 0.25) is 0 Å². The van der Waals surface area contributed by atoms with Gasteiger partial charge in [0.05, 0.1) is 11.4 Å². The minimum absolute atomic E-state index is 0.668. The van der Waals surface area contributed by atoms with Crippen LogP contribution in [0.1, 0.15) is 56.1 Å². The van der Waals surface area contributed by atoms with E-state index in [2.05, 4.69) is 40.9 Å². The largest absolute Gasteiger partial charge is 0.308 e. The van der Waals surface area contributed by atoms with Crippen LogP contribution in [0, 0.1) is 19.8 Å². The van der Waals surface area contributed by atoms with Crippen LogP contribution in [0.15, 0.2) is 5.38 Å². The Morgan fingerprint density at radius 3 is 2.95 bits per heavy atom. The van der Waals surface area contributed by atoms with Crippen LogP contribution in [0.5, 0.6) is 0 Å². The smallest absolute Gasteiger partial charge is 0.194 e. The number of hydrogen-bond donors (Lipinski definition) is 1. The van der Waals surface area contributed by atoms with Crippen LogP contribution < -0.4 is 5.32 Å². The standard InChI is InChI=1S/C16H25N3S/c1-11-7-5-4-6-8-14(11)17-9-15-13(3)18-16-19(15)12(2)10-20-16/h10-11,14,17H,4-9H2,1-3H3. The van der Waals surface area contributed by atoms with Crippen LogP contribution in [0.2, 0.25) is 0 Å². The lowest BCUT2D eigenvalue weighted by atomic mass is 9.97. The van der Waals surface area contributed by atoms with E-state index < -0.39 is 0 Å². The first-order chi connectivity index (χ1) is 9.66. The molecule has 4 heteroatoms. The topological polar surface area (TPSA) is 29.3 Å². The third kappa shape index (κ3) is 2.63. The molecule has 0 bridgehead atoms. The molecule has 0 radical (unpaired) electrons. The molecule has 2 unspecified atom stereocenters. The van der Waals surface area contributed by atoms with Gasteiger partial charge < -0.3 is 5.32 Å². The van der Waals surface area contributed by atoms with Gasteiger partial charge >= 0.3 is 0 Å². The molecule has 2 aromatic heterocycles. The van der Waals surface area contributed by atoms with E-state index in [9.17, 15) is 0 Å². The molecule has 1 fully saturated rings. The van der Waals surface area contributed by atoms with Crippen molar-refractivity contribution >= 4 is 16.3 Å². The summed E-state index contributed by atoms with van der Waals surface area (Å²) in [7, 11) is 0. The summed E-state index contributed by atoms with van der Waals surface area (Å²) in [6, 6.07) is 0.668. The van der Waals surface area contributed by atoms with Crippen molar-refractivity contribution in [1.29, 1.82) is 0 Å². The Morgan fingerprint density at radius 1 is 1.30 bits per heavy atom. The van der Waals surface area contributed by atoms with Gasteiger partial charge in [-0.05, 0) is 32.6 Å². The number of nitrogens with one attached hydrogen (secondary N) is 1. The first kappa shape index (κ1) is 14.1. The highest BCUT2D eigenvalue weighted by Crippen LogP contribution is 2.24. The normalized spacial score (nSPS) is 24.1. The maximum Gasteiger partial charge on any atom is 0.194 e. The van der Waals surface area contributed by atoms with Gasteiger partial charge in [0.15, 0.2) is 4.96 Å². The second-order valence-electron chi connectivity index (χ2n) is 6.24. The molecule has 1 N–H and O–H groups in total. The lowest BCUT2D eigenvalue weighted by Crippen LogP contribution is -2.34. The first-order valence-corrected chi connectivity index (χ1v) is 8.70. The Morgan fingerprint density at radius 2 is 2.10 bits per heavy atom. The van der Waals surface area contributed by atoms with E-state index >= 15 is 0 Å². The Hall–Kier alpha value is -0.870. The highest BCUT2D eigenvalue weighted by atomic mass is 32.1. The fourth-order valence-electron chi connectivity index (χ4n) is 3.40. The summed E-state index contributed by atoms with van der Waals surface area (Å²) in [6.07, 6.45) is 6.88. The molecule has 2 heterocycles. The lowest BCUT2D eigenvalue weighted by molar-refractivity contribution is 0.354. The molecular weight excluding hydrogens is 266 g/mol. The summed E-state index contributed by atoms with van der Waals surface area (Å²) in [5.74, 6) is 0.796. The molecule has 0 aliphatic heterocycles. The summed E-state index contributed by atoms with van der Waals surface area (Å²) in [4.78, 5) is 5.81. The molecular formula is C16H25N3S. The minimum Gasteiger partial charge on any atom is -0.308 e. The average Bonchev–Trinajstić information content (AvgIpc) is 2.84. The number of aromatic nitrogens is 2. The molecule has 2 aromatic rings. The van der Waals surface area contributed by atoms with Gasteiger partial charge in [-0.3, -0.25) is 4.40 Å². The zero-order valence-electron chi connectivity index (χ0n) is 12.8. The Kier molecular flexibility index (Phi) is 4.13. The van der Waals surface area contributed by atoms with Crippen LogP contribution >= 0.6 is 11.3 Å². The SMILES string of the molecule is Cc1nc2scc(C)n2c1CNC1CCCCCC1C. The molecule has 0 amide bonds. The van der Waals surface area contributed by atoms with Crippen LogP contribution in [0.25, 0.3) is 4.96 Å². The predicted molar refractivity (Wildman–Crippen MR) is 85.4 cm³/mol. The molecule has 2 atom stereocenters. The predicted octanol–water partition coefficient (Wildman–Crippen LogP) is 4.07. The number of imidazole rings is 1. The Balaban J connectivity index is 1.76. The van der Waals surface area contributed by atoms with E-state index in [1.54, 1.807) is 11.3 Å². The van der Waals surface area contributed by atoms with E-state index in [-0.39, 0.29) is 0 Å². The number of fused-ring (bicyclic) bond motifs is 1. The number of rotatable bonds is 3. The molecule has 1 saturated carbocycles. The number of nitrogens with zero attached hydrogens (tertiary/aromatic N) is 2. The molecule has 0 saturated heterocycles. The maximum absolute atomic E-state index is 4.68. The molecule has 1 aliphatic carbocycles. The van der Waals surface area contributed by atoms with Crippen molar-refractivity contribution in [2.75, 3.05) is 0 Å². The summed E-state index contributed by atoms with van der Waals surface area (Å²) < 4.78 is 2.31. The van der Waals surface area contributed by atoms with E-state index in [1.165, 1.54) is 49.2 Å². The molecule has 3 rings (SSSR count). The van der Waals surface area contributed by atoms with Gasteiger partial charge in [-0.2, -0.15) is 0 Å². The van der Waals surface area contributed by atoms with Gasteiger partial charge in [0.25, 0.3) is 0 Å². The van der Waals surface area contributed by atoms with Gasteiger partial charge in [-0.25, -0.2) is 4.98 Å². The van der Waals surface area contributed by atoms with Crippen molar-refractivity contribution in [2.24, 2.45) is 5.92 Å². The van der Waals surface area contributed by atoms with Crippen molar-refractivity contribution in [1.82, 2.24) is 14.7 Å². The van der Waals surface area contributed by atoms with Crippen molar-refractivity contribution < 1.29 is 0 Å². The van der Waals surface area contributed by atoms with Crippen LogP contribution in [-0.4, -0.2) is 15.4 Å². The molecule has 1 aliphatic rings. The maximum atomic E-state index is 4.68. The van der Waals surface area contributed by atoms with Crippen LogP contribution in [0.4, 0.5) is 0 Å². The summed E-state index contributed by atoms with van der Waals surface area (Å²) in [6.45, 7) is 7.65. The monoisotopic (exact) mass is 291 g/mol. The Bertz CT molecular complexity index is 584. The third-order valence-electron chi connectivity index (χ3n) is 4.72. The second kappa shape index (κ2) is 5.86. The average molecular weight is 291 g/mol. The van der Waals surface area contributed by atoms with Gasteiger partial charge in [-0.1, -0.05) is 26.2 Å².